The molecule has 0 aliphatic carbocycles. The highest BCUT2D eigenvalue weighted by molar-refractivity contribution is 6.02. The van der Waals surface area contributed by atoms with Crippen LogP contribution in [0.4, 0.5) is 0 Å². The summed E-state index contributed by atoms with van der Waals surface area (Å²) in [6.07, 6.45) is 3.37. The Morgan fingerprint density at radius 2 is 1.21 bits per heavy atom. The maximum absolute atomic E-state index is 4.68. The summed E-state index contributed by atoms with van der Waals surface area (Å²) < 4.78 is 0. The third-order valence-electron chi connectivity index (χ3n) is 3.18. The molecule has 2 aromatic heterocycles. The molecule has 4 heteroatoms. The first-order chi connectivity index (χ1) is 9.43. The molecule has 90 valence electrons. The predicted molar refractivity (Wildman–Crippen MR) is 74.2 cm³/mol. The molecule has 0 atom stereocenters. The Hall–Kier alpha value is -2.75. The van der Waals surface area contributed by atoms with Crippen molar-refractivity contribution in [3.05, 3.63) is 60.9 Å². The van der Waals surface area contributed by atoms with E-state index >= 15 is 0 Å². The molecule has 0 spiro atoms. The van der Waals surface area contributed by atoms with Crippen LogP contribution in [0.3, 0.4) is 0 Å². The lowest BCUT2D eigenvalue weighted by atomic mass is 10.1. The zero-order valence-electron chi connectivity index (χ0n) is 10.1. The Kier molecular flexibility index (Phi) is 2.08. The molecule has 4 nitrogen and oxygen atoms in total. The van der Waals surface area contributed by atoms with Gasteiger partial charge in [0.05, 0.1) is 23.4 Å². The fourth-order valence-electron chi connectivity index (χ4n) is 2.36. The van der Waals surface area contributed by atoms with Crippen LogP contribution < -0.4 is 0 Å². The van der Waals surface area contributed by atoms with E-state index < -0.39 is 0 Å². The summed E-state index contributed by atoms with van der Waals surface area (Å²) in [6, 6.07) is 16.1. The van der Waals surface area contributed by atoms with Crippen LogP contribution in [0.1, 0.15) is 0 Å². The minimum absolute atomic E-state index is 0.952. The van der Waals surface area contributed by atoms with E-state index in [2.05, 4.69) is 15.2 Å². The van der Waals surface area contributed by atoms with Crippen LogP contribution in [0.25, 0.3) is 27.5 Å². The molecule has 2 aromatic carbocycles. The van der Waals surface area contributed by atoms with Gasteiger partial charge in [-0.05, 0) is 12.1 Å². The number of aromatic nitrogens is 4. The van der Waals surface area contributed by atoms with Crippen LogP contribution in [-0.4, -0.2) is 20.0 Å². The van der Waals surface area contributed by atoms with Crippen LogP contribution in [0.15, 0.2) is 60.9 Å². The Morgan fingerprint density at radius 3 is 1.79 bits per heavy atom. The molecule has 0 radical (unpaired) electrons. The van der Waals surface area contributed by atoms with E-state index in [1.165, 1.54) is 0 Å². The maximum Gasteiger partial charge on any atom is 0.104 e. The summed E-state index contributed by atoms with van der Waals surface area (Å²) in [6.45, 7) is 0. The molecule has 0 saturated carbocycles. The van der Waals surface area contributed by atoms with Gasteiger partial charge in [-0.25, -0.2) is 4.98 Å². The van der Waals surface area contributed by atoms with Crippen molar-refractivity contribution in [3.8, 4) is 5.69 Å². The number of hydrogen-bond donors (Lipinski definition) is 0. The van der Waals surface area contributed by atoms with E-state index in [1.807, 2.05) is 48.5 Å². The minimum atomic E-state index is 0.952. The van der Waals surface area contributed by atoms with Crippen molar-refractivity contribution in [1.29, 1.82) is 0 Å². The second-order valence-electron chi connectivity index (χ2n) is 4.31. The Morgan fingerprint density at radius 1 is 0.684 bits per heavy atom. The molecule has 0 fully saturated rings. The van der Waals surface area contributed by atoms with Crippen molar-refractivity contribution in [3.63, 3.8) is 0 Å². The molecular weight excluding hydrogens is 236 g/mol. The van der Waals surface area contributed by atoms with Crippen LogP contribution in [0.2, 0.25) is 0 Å². The zero-order chi connectivity index (χ0) is 12.7. The lowest BCUT2D eigenvalue weighted by molar-refractivity contribution is 0.762. The molecule has 0 saturated heterocycles. The summed E-state index contributed by atoms with van der Waals surface area (Å²) in [5.74, 6) is 0. The van der Waals surface area contributed by atoms with Gasteiger partial charge in [0.1, 0.15) is 5.69 Å². The second-order valence-corrected chi connectivity index (χ2v) is 4.31. The summed E-state index contributed by atoms with van der Waals surface area (Å²) in [4.78, 5) is 6.34. The number of benzene rings is 2. The highest BCUT2D eigenvalue weighted by Crippen LogP contribution is 2.27. The summed E-state index contributed by atoms with van der Waals surface area (Å²) >= 11 is 0. The van der Waals surface area contributed by atoms with Gasteiger partial charge in [0, 0.05) is 10.8 Å². The fourth-order valence-corrected chi connectivity index (χ4v) is 2.36. The lowest BCUT2D eigenvalue weighted by Gasteiger charge is -2.09. The monoisotopic (exact) mass is 246 g/mol. The number of fused-ring (bicyclic) bond motifs is 2. The molecule has 2 heterocycles. The second kappa shape index (κ2) is 3.88. The summed E-state index contributed by atoms with van der Waals surface area (Å²) in [7, 11) is 0. The average molecular weight is 246 g/mol. The predicted octanol–water partition coefficient (Wildman–Crippen LogP) is 2.97. The van der Waals surface area contributed by atoms with Crippen molar-refractivity contribution in [1.82, 2.24) is 20.0 Å². The number of para-hydroxylation sites is 2. The van der Waals surface area contributed by atoms with Gasteiger partial charge in [-0.1, -0.05) is 36.4 Å². The van der Waals surface area contributed by atoms with Crippen molar-refractivity contribution in [2.45, 2.75) is 0 Å². The number of pyridine rings is 1. The van der Waals surface area contributed by atoms with E-state index in [0.29, 0.717) is 0 Å². The Bertz CT molecular complexity index is 812. The van der Waals surface area contributed by atoms with Gasteiger partial charge in [0.15, 0.2) is 0 Å². The molecule has 0 aliphatic rings. The average Bonchev–Trinajstić information content (AvgIpc) is 2.98. The largest absolute Gasteiger partial charge is 0.248 e. The SMILES string of the molecule is c1ccc2c(-n3nccn3)c3ccccc3nc2c1. The highest BCUT2D eigenvalue weighted by atomic mass is 15.5. The third kappa shape index (κ3) is 1.50. The van der Waals surface area contributed by atoms with Crippen LogP contribution in [-0.2, 0) is 0 Å². The van der Waals surface area contributed by atoms with Gasteiger partial charge in [-0.3, -0.25) is 0 Å². The normalized spacial score (nSPS) is 11.2. The van der Waals surface area contributed by atoms with Crippen molar-refractivity contribution in [2.75, 3.05) is 0 Å². The quantitative estimate of drug-likeness (QED) is 0.485. The summed E-state index contributed by atoms with van der Waals surface area (Å²) in [5.41, 5.74) is 2.88. The molecule has 0 N–H and O–H groups in total. The molecular formula is C15H10N4. The highest BCUT2D eigenvalue weighted by Gasteiger charge is 2.11. The number of hydrogen-bond acceptors (Lipinski definition) is 3. The lowest BCUT2D eigenvalue weighted by Crippen LogP contribution is -2.01. The fraction of sp³-hybridized carbons (Fsp3) is 0. The molecule has 0 amide bonds. The smallest absolute Gasteiger partial charge is 0.104 e. The first-order valence-corrected chi connectivity index (χ1v) is 6.08. The molecule has 19 heavy (non-hydrogen) atoms. The van der Waals surface area contributed by atoms with E-state index in [4.69, 9.17) is 0 Å². The Balaban J connectivity index is 2.27. The van der Waals surface area contributed by atoms with Crippen molar-refractivity contribution < 1.29 is 0 Å². The van der Waals surface area contributed by atoms with Crippen molar-refractivity contribution >= 4 is 21.8 Å². The van der Waals surface area contributed by atoms with Crippen LogP contribution in [0.5, 0.6) is 0 Å². The Labute approximate surface area is 109 Å². The van der Waals surface area contributed by atoms with E-state index in [-0.39, 0.29) is 0 Å². The van der Waals surface area contributed by atoms with E-state index in [9.17, 15) is 0 Å². The van der Waals surface area contributed by atoms with Crippen molar-refractivity contribution in [2.24, 2.45) is 0 Å². The topological polar surface area (TPSA) is 43.6 Å². The van der Waals surface area contributed by atoms with E-state index in [1.54, 1.807) is 17.2 Å². The van der Waals surface area contributed by atoms with Crippen LogP contribution >= 0.6 is 0 Å². The molecule has 4 rings (SSSR count). The first kappa shape index (κ1) is 10.2. The molecule has 0 unspecified atom stereocenters. The molecule has 0 bridgehead atoms. The minimum Gasteiger partial charge on any atom is -0.248 e. The zero-order valence-corrected chi connectivity index (χ0v) is 10.1. The van der Waals surface area contributed by atoms with Gasteiger partial charge >= 0.3 is 0 Å². The molecule has 4 aromatic rings. The first-order valence-electron chi connectivity index (χ1n) is 6.08. The molecule has 0 aliphatic heterocycles. The third-order valence-corrected chi connectivity index (χ3v) is 3.18. The van der Waals surface area contributed by atoms with Gasteiger partial charge in [-0.15, -0.1) is 0 Å². The van der Waals surface area contributed by atoms with E-state index in [0.717, 1.165) is 27.5 Å². The maximum atomic E-state index is 4.68. The van der Waals surface area contributed by atoms with Crippen LogP contribution in [0, 0.1) is 0 Å². The number of nitrogens with zero attached hydrogens (tertiary/aromatic N) is 4. The summed E-state index contributed by atoms with van der Waals surface area (Å²) in [5, 5.41) is 10.6. The van der Waals surface area contributed by atoms with Gasteiger partial charge in [0.25, 0.3) is 0 Å². The van der Waals surface area contributed by atoms with Gasteiger partial charge < -0.3 is 0 Å². The van der Waals surface area contributed by atoms with Gasteiger partial charge in [0.2, 0.25) is 0 Å². The standard InChI is InChI=1S/C15H10N4/c1-3-7-13-11(5-1)15(19-16-9-10-17-19)12-6-2-4-8-14(12)18-13/h1-10H. The van der Waals surface area contributed by atoms with Gasteiger partial charge in [-0.2, -0.15) is 15.0 Å². The number of rotatable bonds is 1.